The molecule has 6 nitrogen and oxygen atoms in total. The van der Waals surface area contributed by atoms with Crippen LogP contribution < -0.4 is 5.32 Å². The van der Waals surface area contributed by atoms with Crippen molar-refractivity contribution in [3.63, 3.8) is 0 Å². The van der Waals surface area contributed by atoms with Crippen LogP contribution in [0.2, 0.25) is 0 Å². The smallest absolute Gasteiger partial charge is 0.408 e. The number of ether oxygens (including phenoxy) is 2. The highest BCUT2D eigenvalue weighted by Crippen LogP contribution is 2.19. The number of para-hydroxylation sites is 1. The fraction of sp³-hybridized carbons (Fsp3) is 0.214. The summed E-state index contributed by atoms with van der Waals surface area (Å²) in [6.07, 6.45) is 3.01. The minimum atomic E-state index is -0.862. The number of aryl methyl sites for hydroxylation is 1. The van der Waals surface area contributed by atoms with Gasteiger partial charge in [0.25, 0.3) is 0 Å². The largest absolute Gasteiger partial charge is 0.464 e. The number of carbonyl (C=O) groups is 2. The van der Waals surface area contributed by atoms with Gasteiger partial charge in [0.2, 0.25) is 0 Å². The van der Waals surface area contributed by atoms with Crippen molar-refractivity contribution < 1.29 is 19.1 Å². The van der Waals surface area contributed by atoms with Crippen molar-refractivity contribution in [2.45, 2.75) is 31.9 Å². The van der Waals surface area contributed by atoms with Crippen molar-refractivity contribution in [2.24, 2.45) is 0 Å². The van der Waals surface area contributed by atoms with Gasteiger partial charge < -0.3 is 19.8 Å². The van der Waals surface area contributed by atoms with Gasteiger partial charge in [0, 0.05) is 23.5 Å². The van der Waals surface area contributed by atoms with Crippen molar-refractivity contribution in [1.29, 1.82) is 0 Å². The Kier molecular flexibility index (Phi) is 7.95. The molecule has 2 N–H and O–H groups in total. The van der Waals surface area contributed by atoms with Gasteiger partial charge in [-0.2, -0.15) is 0 Å². The normalized spacial score (nSPS) is 11.6. The Hall–Kier alpha value is -4.06. The summed E-state index contributed by atoms with van der Waals surface area (Å²) >= 11 is 0. The van der Waals surface area contributed by atoms with Gasteiger partial charge in [-0.05, 0) is 35.6 Å². The second-order valence-electron chi connectivity index (χ2n) is 8.08. The molecule has 0 unspecified atom stereocenters. The van der Waals surface area contributed by atoms with Gasteiger partial charge in [-0.3, -0.25) is 0 Å². The quantitative estimate of drug-likeness (QED) is 0.254. The van der Waals surface area contributed by atoms with E-state index in [-0.39, 0.29) is 13.2 Å². The molecule has 1 aromatic heterocycles. The molecule has 0 saturated carbocycles. The third-order valence-electron chi connectivity index (χ3n) is 5.59. The van der Waals surface area contributed by atoms with Crippen molar-refractivity contribution in [1.82, 2.24) is 10.3 Å². The predicted molar refractivity (Wildman–Crippen MR) is 131 cm³/mol. The summed E-state index contributed by atoms with van der Waals surface area (Å²) in [5.74, 6) is -0.477. The Bertz CT molecular complexity index is 1200. The van der Waals surface area contributed by atoms with E-state index in [1.54, 1.807) is 0 Å². The van der Waals surface area contributed by atoms with Crippen LogP contribution in [0.15, 0.2) is 91.1 Å². The molecule has 0 fully saturated rings. The molecule has 6 heteroatoms. The number of fused-ring (bicyclic) bond motifs is 1. The van der Waals surface area contributed by atoms with Gasteiger partial charge in [0.1, 0.15) is 12.6 Å². The second-order valence-corrected chi connectivity index (χ2v) is 8.08. The highest BCUT2D eigenvalue weighted by atomic mass is 16.6. The molecule has 0 bridgehead atoms. The number of alkyl carbamates (subject to hydrolysis) is 1. The fourth-order valence-corrected chi connectivity index (χ4v) is 3.82. The first kappa shape index (κ1) is 23.1. The van der Waals surface area contributed by atoms with Crippen molar-refractivity contribution in [3.05, 3.63) is 108 Å². The van der Waals surface area contributed by atoms with Gasteiger partial charge in [-0.15, -0.1) is 0 Å². The number of rotatable bonds is 10. The number of carbonyl (C=O) groups excluding carboxylic acids is 2. The number of amides is 1. The molecule has 4 aromatic rings. The van der Waals surface area contributed by atoms with E-state index < -0.39 is 18.1 Å². The minimum Gasteiger partial charge on any atom is -0.464 e. The maximum absolute atomic E-state index is 12.9. The lowest BCUT2D eigenvalue weighted by atomic mass is 10.1. The number of benzene rings is 3. The van der Waals surface area contributed by atoms with Gasteiger partial charge in [-0.25, -0.2) is 9.59 Å². The molecule has 0 aliphatic heterocycles. The number of hydrogen-bond donors (Lipinski definition) is 2. The lowest BCUT2D eigenvalue weighted by molar-refractivity contribution is -0.146. The molecule has 0 saturated heterocycles. The van der Waals surface area contributed by atoms with E-state index in [4.69, 9.17) is 9.47 Å². The molecule has 0 radical (unpaired) electrons. The van der Waals surface area contributed by atoms with Gasteiger partial charge >= 0.3 is 12.1 Å². The third kappa shape index (κ3) is 6.48. The summed E-state index contributed by atoms with van der Waals surface area (Å²) in [6.45, 7) is 0.400. The van der Waals surface area contributed by atoms with E-state index in [0.717, 1.165) is 28.5 Å². The molecule has 34 heavy (non-hydrogen) atoms. The van der Waals surface area contributed by atoms with E-state index >= 15 is 0 Å². The zero-order valence-corrected chi connectivity index (χ0v) is 18.9. The molecular weight excluding hydrogens is 428 g/mol. The first-order valence-electron chi connectivity index (χ1n) is 11.4. The molecule has 0 spiro atoms. The van der Waals surface area contributed by atoms with Crippen LogP contribution in [-0.4, -0.2) is 29.7 Å². The Morgan fingerprint density at radius 1 is 0.824 bits per heavy atom. The average molecular weight is 457 g/mol. The Morgan fingerprint density at radius 2 is 1.50 bits per heavy atom. The lowest BCUT2D eigenvalue weighted by Gasteiger charge is -2.17. The van der Waals surface area contributed by atoms with Gasteiger partial charge in [0.05, 0.1) is 6.61 Å². The van der Waals surface area contributed by atoms with E-state index in [0.29, 0.717) is 12.8 Å². The number of nitrogens with one attached hydrogen (secondary N) is 2. The SMILES string of the molecule is O=C(N[C@@H](Cc1c[nH]c2ccccc12)C(=O)OCCCc1ccccc1)OCc1ccccc1. The summed E-state index contributed by atoms with van der Waals surface area (Å²) < 4.78 is 10.9. The van der Waals surface area contributed by atoms with Crippen molar-refractivity contribution >= 4 is 23.0 Å². The zero-order valence-electron chi connectivity index (χ0n) is 18.9. The van der Waals surface area contributed by atoms with E-state index in [1.165, 1.54) is 5.56 Å². The van der Waals surface area contributed by atoms with Crippen LogP contribution in [-0.2, 0) is 33.7 Å². The van der Waals surface area contributed by atoms with Crippen LogP contribution >= 0.6 is 0 Å². The van der Waals surface area contributed by atoms with Crippen LogP contribution in [0.5, 0.6) is 0 Å². The van der Waals surface area contributed by atoms with Crippen LogP contribution in [0.4, 0.5) is 4.79 Å². The fourth-order valence-electron chi connectivity index (χ4n) is 3.82. The van der Waals surface area contributed by atoms with Gasteiger partial charge in [-0.1, -0.05) is 78.9 Å². The first-order chi connectivity index (χ1) is 16.7. The molecule has 3 aromatic carbocycles. The van der Waals surface area contributed by atoms with E-state index in [2.05, 4.69) is 10.3 Å². The summed E-state index contributed by atoms with van der Waals surface area (Å²) in [4.78, 5) is 28.6. The van der Waals surface area contributed by atoms with E-state index in [1.807, 2.05) is 91.1 Å². The Labute approximate surface area is 198 Å². The summed E-state index contributed by atoms with van der Waals surface area (Å²) in [5.41, 5.74) is 3.95. The number of hydrogen-bond acceptors (Lipinski definition) is 4. The molecule has 1 heterocycles. The standard InChI is InChI=1S/C28H28N2O4/c31-27(33-17-9-14-21-10-3-1-4-11-21)26(18-23-19-29-25-16-8-7-15-24(23)25)30-28(32)34-20-22-12-5-2-6-13-22/h1-8,10-13,15-16,19,26,29H,9,14,17-18,20H2,(H,30,32)/t26-/m0/s1. The van der Waals surface area contributed by atoms with Gasteiger partial charge in [0.15, 0.2) is 0 Å². The summed E-state index contributed by atoms with van der Waals surface area (Å²) in [5, 5.41) is 3.70. The number of aromatic amines is 1. The van der Waals surface area contributed by atoms with Crippen molar-refractivity contribution in [2.75, 3.05) is 6.61 Å². The highest BCUT2D eigenvalue weighted by molar-refractivity contribution is 5.86. The highest BCUT2D eigenvalue weighted by Gasteiger charge is 2.25. The molecule has 174 valence electrons. The Balaban J connectivity index is 1.37. The maximum Gasteiger partial charge on any atom is 0.408 e. The molecule has 1 atom stereocenters. The van der Waals surface area contributed by atoms with E-state index in [9.17, 15) is 9.59 Å². The maximum atomic E-state index is 12.9. The molecular formula is C28H28N2O4. The van der Waals surface area contributed by atoms with Crippen LogP contribution in [0.25, 0.3) is 10.9 Å². The summed E-state index contributed by atoms with van der Waals surface area (Å²) in [7, 11) is 0. The van der Waals surface area contributed by atoms with Crippen LogP contribution in [0.1, 0.15) is 23.1 Å². The number of esters is 1. The molecule has 1 amide bonds. The monoisotopic (exact) mass is 456 g/mol. The first-order valence-corrected chi connectivity index (χ1v) is 11.4. The zero-order chi connectivity index (χ0) is 23.6. The number of H-pyrrole nitrogens is 1. The average Bonchev–Trinajstić information content (AvgIpc) is 3.29. The predicted octanol–water partition coefficient (Wildman–Crippen LogP) is 5.18. The molecule has 0 aliphatic carbocycles. The van der Waals surface area contributed by atoms with Crippen molar-refractivity contribution in [3.8, 4) is 0 Å². The topological polar surface area (TPSA) is 80.4 Å². The third-order valence-corrected chi connectivity index (χ3v) is 5.59. The van der Waals surface area contributed by atoms with Crippen LogP contribution in [0, 0.1) is 0 Å². The second kappa shape index (κ2) is 11.7. The molecule has 4 rings (SSSR count). The van der Waals surface area contributed by atoms with Crippen LogP contribution in [0.3, 0.4) is 0 Å². The lowest BCUT2D eigenvalue weighted by Crippen LogP contribution is -2.43. The number of aromatic nitrogens is 1. The summed E-state index contributed by atoms with van der Waals surface area (Å²) in [6, 6.07) is 26.4. The molecule has 0 aliphatic rings. The Morgan fingerprint density at radius 3 is 2.26 bits per heavy atom. The minimum absolute atomic E-state index is 0.124.